The van der Waals surface area contributed by atoms with Crippen molar-refractivity contribution in [2.24, 2.45) is 0 Å². The SMILES string of the molecule is FC1=COC(F)C1. The Hall–Kier alpha value is -0.600. The van der Waals surface area contributed by atoms with Gasteiger partial charge in [-0.05, 0) is 0 Å². The molecule has 0 radical (unpaired) electrons. The molecule has 1 unspecified atom stereocenters. The largest absolute Gasteiger partial charge is 0.465 e. The molecular weight excluding hydrogens is 102 g/mol. The van der Waals surface area contributed by atoms with E-state index < -0.39 is 12.2 Å². The topological polar surface area (TPSA) is 9.23 Å². The third-order valence-corrected chi connectivity index (χ3v) is 0.699. The number of ether oxygens (including phenoxy) is 1. The second-order valence-electron chi connectivity index (χ2n) is 1.31. The summed E-state index contributed by atoms with van der Waals surface area (Å²) in [6, 6.07) is 0. The summed E-state index contributed by atoms with van der Waals surface area (Å²) in [5.41, 5.74) is 0. The molecule has 0 saturated heterocycles. The van der Waals surface area contributed by atoms with Crippen LogP contribution in [0.2, 0.25) is 0 Å². The van der Waals surface area contributed by atoms with Crippen molar-refractivity contribution in [2.45, 2.75) is 12.8 Å². The predicted octanol–water partition coefficient (Wildman–Crippen LogP) is 1.51. The van der Waals surface area contributed by atoms with Crippen LogP contribution in [0.3, 0.4) is 0 Å². The summed E-state index contributed by atoms with van der Waals surface area (Å²) < 4.78 is 27.4. The molecule has 0 saturated carbocycles. The molecule has 0 fully saturated rings. The zero-order valence-corrected chi connectivity index (χ0v) is 3.53. The van der Waals surface area contributed by atoms with Crippen LogP contribution in [0.15, 0.2) is 12.1 Å². The minimum Gasteiger partial charge on any atom is -0.465 e. The molecule has 1 heterocycles. The fourth-order valence-corrected chi connectivity index (χ4v) is 0.397. The number of hydrogen-bond donors (Lipinski definition) is 0. The van der Waals surface area contributed by atoms with Crippen LogP contribution in [-0.2, 0) is 4.74 Å². The van der Waals surface area contributed by atoms with Crippen LogP contribution in [0.25, 0.3) is 0 Å². The predicted molar refractivity (Wildman–Crippen MR) is 19.8 cm³/mol. The first-order chi connectivity index (χ1) is 3.29. The van der Waals surface area contributed by atoms with Crippen molar-refractivity contribution in [3.8, 4) is 0 Å². The highest BCUT2D eigenvalue weighted by atomic mass is 19.2. The lowest BCUT2D eigenvalue weighted by Crippen LogP contribution is -1.92. The second kappa shape index (κ2) is 1.48. The highest BCUT2D eigenvalue weighted by Gasteiger charge is 2.15. The van der Waals surface area contributed by atoms with Gasteiger partial charge in [0.15, 0.2) is 0 Å². The van der Waals surface area contributed by atoms with E-state index in [1.807, 2.05) is 0 Å². The number of hydrogen-bond acceptors (Lipinski definition) is 1. The fourth-order valence-electron chi connectivity index (χ4n) is 0.397. The minimum absolute atomic E-state index is 0.222. The van der Waals surface area contributed by atoms with Crippen LogP contribution in [0.1, 0.15) is 6.42 Å². The Labute approximate surface area is 39.6 Å². The van der Waals surface area contributed by atoms with Gasteiger partial charge in [0.2, 0.25) is 6.36 Å². The van der Waals surface area contributed by atoms with Gasteiger partial charge in [0.05, 0.1) is 6.42 Å². The van der Waals surface area contributed by atoms with Crippen LogP contribution in [0, 0.1) is 0 Å². The Bertz CT molecular complexity index is 99.9. The zero-order valence-electron chi connectivity index (χ0n) is 3.53. The van der Waals surface area contributed by atoms with E-state index in [-0.39, 0.29) is 6.42 Å². The molecule has 1 aliphatic heterocycles. The summed E-state index contributed by atoms with van der Waals surface area (Å²) in [4.78, 5) is 0. The second-order valence-corrected chi connectivity index (χ2v) is 1.31. The third-order valence-electron chi connectivity index (χ3n) is 0.699. The lowest BCUT2D eigenvalue weighted by atomic mass is 10.4. The average Bonchev–Trinajstić information content (AvgIpc) is 1.87. The van der Waals surface area contributed by atoms with Gasteiger partial charge in [-0.2, -0.15) is 0 Å². The van der Waals surface area contributed by atoms with Crippen molar-refractivity contribution >= 4 is 0 Å². The van der Waals surface area contributed by atoms with E-state index in [9.17, 15) is 8.78 Å². The first-order valence-electron chi connectivity index (χ1n) is 1.93. The normalized spacial score (nSPS) is 29.4. The Morgan fingerprint density at radius 1 is 1.86 bits per heavy atom. The quantitative estimate of drug-likeness (QED) is 0.454. The molecule has 0 aliphatic carbocycles. The molecule has 1 nitrogen and oxygen atoms in total. The fraction of sp³-hybridized carbons (Fsp3) is 0.500. The summed E-state index contributed by atoms with van der Waals surface area (Å²) >= 11 is 0. The number of alkyl halides is 1. The Balaban J connectivity index is 2.42. The lowest BCUT2D eigenvalue weighted by molar-refractivity contribution is 0.0457. The number of rotatable bonds is 0. The summed E-state index contributed by atoms with van der Waals surface area (Å²) in [6.07, 6.45) is -0.870. The summed E-state index contributed by atoms with van der Waals surface area (Å²) in [6.45, 7) is 0. The highest BCUT2D eigenvalue weighted by Crippen LogP contribution is 2.18. The molecule has 40 valence electrons. The van der Waals surface area contributed by atoms with Gasteiger partial charge in [-0.3, -0.25) is 0 Å². The molecule has 0 aromatic rings. The van der Waals surface area contributed by atoms with Gasteiger partial charge < -0.3 is 4.74 Å². The Kier molecular flexibility index (Phi) is 0.964. The van der Waals surface area contributed by atoms with Crippen LogP contribution in [0.5, 0.6) is 0 Å². The van der Waals surface area contributed by atoms with Crippen LogP contribution in [0.4, 0.5) is 8.78 Å². The molecule has 0 bridgehead atoms. The van der Waals surface area contributed by atoms with Crippen LogP contribution >= 0.6 is 0 Å². The Morgan fingerprint density at radius 2 is 2.57 bits per heavy atom. The molecule has 0 aromatic carbocycles. The van der Waals surface area contributed by atoms with Crippen molar-refractivity contribution in [3.05, 3.63) is 12.1 Å². The Morgan fingerprint density at radius 3 is 2.71 bits per heavy atom. The maximum Gasteiger partial charge on any atom is 0.244 e. The third kappa shape index (κ3) is 0.885. The summed E-state index contributed by atoms with van der Waals surface area (Å²) in [5.74, 6) is -0.521. The van der Waals surface area contributed by atoms with Gasteiger partial charge in [-0.25, -0.2) is 8.78 Å². The van der Waals surface area contributed by atoms with Crippen LogP contribution < -0.4 is 0 Å². The van der Waals surface area contributed by atoms with E-state index in [0.717, 1.165) is 6.26 Å². The van der Waals surface area contributed by atoms with E-state index >= 15 is 0 Å². The van der Waals surface area contributed by atoms with E-state index in [1.165, 1.54) is 0 Å². The molecule has 0 spiro atoms. The van der Waals surface area contributed by atoms with E-state index in [4.69, 9.17) is 0 Å². The smallest absolute Gasteiger partial charge is 0.244 e. The van der Waals surface area contributed by atoms with E-state index in [1.54, 1.807) is 0 Å². The van der Waals surface area contributed by atoms with Gasteiger partial charge in [-0.15, -0.1) is 0 Å². The molecule has 1 aliphatic rings. The summed E-state index contributed by atoms with van der Waals surface area (Å²) in [5, 5.41) is 0. The van der Waals surface area contributed by atoms with Crippen LogP contribution in [-0.4, -0.2) is 6.36 Å². The van der Waals surface area contributed by atoms with Crippen molar-refractivity contribution in [1.29, 1.82) is 0 Å². The van der Waals surface area contributed by atoms with Gasteiger partial charge in [0, 0.05) is 0 Å². The minimum atomic E-state index is -1.44. The van der Waals surface area contributed by atoms with Gasteiger partial charge >= 0.3 is 0 Å². The summed E-state index contributed by atoms with van der Waals surface area (Å²) in [7, 11) is 0. The molecule has 3 heteroatoms. The standard InChI is InChI=1S/C4H4F2O/c5-3-1-4(6)7-2-3/h2,4H,1H2. The first kappa shape index (κ1) is 4.56. The molecule has 1 atom stereocenters. The van der Waals surface area contributed by atoms with Crippen molar-refractivity contribution < 1.29 is 13.5 Å². The molecule has 0 aromatic heterocycles. The first-order valence-corrected chi connectivity index (χ1v) is 1.93. The van der Waals surface area contributed by atoms with Crippen molar-refractivity contribution in [1.82, 2.24) is 0 Å². The van der Waals surface area contributed by atoms with Gasteiger partial charge in [0.25, 0.3) is 0 Å². The van der Waals surface area contributed by atoms with E-state index in [0.29, 0.717) is 0 Å². The lowest BCUT2D eigenvalue weighted by Gasteiger charge is -1.92. The highest BCUT2D eigenvalue weighted by molar-refractivity contribution is 4.91. The maximum absolute atomic E-state index is 11.7. The van der Waals surface area contributed by atoms with Crippen molar-refractivity contribution in [3.63, 3.8) is 0 Å². The molecule has 1 rings (SSSR count). The van der Waals surface area contributed by atoms with Gasteiger partial charge in [-0.1, -0.05) is 0 Å². The average molecular weight is 106 g/mol. The zero-order chi connectivity index (χ0) is 5.28. The maximum atomic E-state index is 11.7. The number of halogens is 2. The molecule has 7 heavy (non-hydrogen) atoms. The monoisotopic (exact) mass is 106 g/mol. The van der Waals surface area contributed by atoms with Gasteiger partial charge in [0.1, 0.15) is 12.1 Å². The molecule has 0 amide bonds. The molecular formula is C4H4F2O. The molecule has 0 N–H and O–H groups in total. The van der Waals surface area contributed by atoms with E-state index in [2.05, 4.69) is 4.74 Å². The van der Waals surface area contributed by atoms with Crippen molar-refractivity contribution in [2.75, 3.05) is 0 Å².